The van der Waals surface area contributed by atoms with Crippen LogP contribution in [0.1, 0.15) is 18.4 Å². The highest BCUT2D eigenvalue weighted by Gasteiger charge is 2.35. The highest BCUT2D eigenvalue weighted by Crippen LogP contribution is 2.37. The Kier molecular flexibility index (Phi) is 4.35. The van der Waals surface area contributed by atoms with Gasteiger partial charge in [0.1, 0.15) is 17.3 Å². The van der Waals surface area contributed by atoms with Gasteiger partial charge in [0.2, 0.25) is 5.91 Å². The predicted molar refractivity (Wildman–Crippen MR) is 108 cm³/mol. The Balaban J connectivity index is 1.44. The van der Waals surface area contributed by atoms with E-state index >= 15 is 0 Å². The third kappa shape index (κ3) is 3.40. The van der Waals surface area contributed by atoms with Crippen LogP contribution in [-0.2, 0) is 11.2 Å². The average Bonchev–Trinajstić information content (AvgIpc) is 3.25. The summed E-state index contributed by atoms with van der Waals surface area (Å²) in [6.45, 7) is 0. The van der Waals surface area contributed by atoms with Crippen LogP contribution in [0.4, 0.5) is 13.9 Å². The van der Waals surface area contributed by atoms with Gasteiger partial charge in [0, 0.05) is 40.8 Å². The van der Waals surface area contributed by atoms with Crippen molar-refractivity contribution in [3.05, 3.63) is 65.3 Å². The van der Waals surface area contributed by atoms with Gasteiger partial charge in [-0.1, -0.05) is 6.07 Å². The molecule has 0 saturated heterocycles. The van der Waals surface area contributed by atoms with E-state index in [9.17, 15) is 13.6 Å². The molecule has 29 heavy (non-hydrogen) atoms. The van der Waals surface area contributed by atoms with Crippen LogP contribution in [0.2, 0.25) is 0 Å². The Morgan fingerprint density at radius 1 is 1.28 bits per heavy atom. The number of aromatic nitrogens is 3. The van der Waals surface area contributed by atoms with Crippen molar-refractivity contribution >= 4 is 33.4 Å². The first-order valence-electron chi connectivity index (χ1n) is 9.24. The first-order valence-corrected chi connectivity index (χ1v) is 10.1. The van der Waals surface area contributed by atoms with Gasteiger partial charge < -0.3 is 4.98 Å². The molecular formula is C21H16F2N4OS. The molecule has 0 atom stereocenters. The van der Waals surface area contributed by atoms with Crippen molar-refractivity contribution in [2.24, 2.45) is 0 Å². The van der Waals surface area contributed by atoms with Crippen LogP contribution in [-0.4, -0.2) is 26.9 Å². The van der Waals surface area contributed by atoms with E-state index in [1.807, 2.05) is 23.7 Å². The van der Waals surface area contributed by atoms with Gasteiger partial charge >= 0.3 is 0 Å². The second-order valence-corrected chi connectivity index (χ2v) is 7.86. The van der Waals surface area contributed by atoms with Crippen LogP contribution in [0.25, 0.3) is 22.3 Å². The molecule has 1 aliphatic rings. The molecule has 3 aromatic heterocycles. The average molecular weight is 410 g/mol. The molecule has 0 aliphatic heterocycles. The highest BCUT2D eigenvalue weighted by molar-refractivity contribution is 7.14. The molecular weight excluding hydrogens is 394 g/mol. The van der Waals surface area contributed by atoms with E-state index in [0.29, 0.717) is 5.13 Å². The van der Waals surface area contributed by atoms with Crippen LogP contribution in [0.3, 0.4) is 0 Å². The first kappa shape index (κ1) is 17.9. The SMILES string of the molecule is O=C(Cc1ccc(F)cc1F)N(c1nc(-c2c[nH]c3ncccc23)cs1)C1CC1. The lowest BCUT2D eigenvalue weighted by atomic mass is 10.1. The van der Waals surface area contributed by atoms with Crippen molar-refractivity contribution in [3.63, 3.8) is 0 Å². The summed E-state index contributed by atoms with van der Waals surface area (Å²) >= 11 is 1.38. The highest BCUT2D eigenvalue weighted by atomic mass is 32.1. The number of benzene rings is 1. The molecule has 1 aliphatic carbocycles. The summed E-state index contributed by atoms with van der Waals surface area (Å²) in [6.07, 6.45) is 5.23. The second kappa shape index (κ2) is 7.04. The minimum atomic E-state index is -0.708. The fourth-order valence-corrected chi connectivity index (χ4v) is 4.29. The number of H-pyrrole nitrogens is 1. The zero-order valence-corrected chi connectivity index (χ0v) is 16.0. The molecule has 1 fully saturated rings. The van der Waals surface area contributed by atoms with E-state index in [2.05, 4.69) is 15.0 Å². The van der Waals surface area contributed by atoms with Gasteiger partial charge in [0.25, 0.3) is 0 Å². The van der Waals surface area contributed by atoms with Crippen LogP contribution in [0.5, 0.6) is 0 Å². The molecule has 0 unspecified atom stereocenters. The Bertz CT molecular complexity index is 1210. The molecule has 0 radical (unpaired) electrons. The van der Waals surface area contributed by atoms with Crippen molar-refractivity contribution in [1.29, 1.82) is 0 Å². The lowest BCUT2D eigenvalue weighted by Crippen LogP contribution is -2.34. The topological polar surface area (TPSA) is 61.9 Å². The summed E-state index contributed by atoms with van der Waals surface area (Å²) in [4.78, 5) is 26.7. The van der Waals surface area contributed by atoms with E-state index in [1.54, 1.807) is 11.1 Å². The number of nitrogens with zero attached hydrogens (tertiary/aromatic N) is 3. The van der Waals surface area contributed by atoms with Crippen molar-refractivity contribution in [3.8, 4) is 11.3 Å². The summed E-state index contributed by atoms with van der Waals surface area (Å²) in [5.41, 5.74) is 2.64. The Labute approximate surface area is 169 Å². The van der Waals surface area contributed by atoms with Crippen LogP contribution >= 0.6 is 11.3 Å². The largest absolute Gasteiger partial charge is 0.345 e. The molecule has 1 aromatic carbocycles. The quantitative estimate of drug-likeness (QED) is 0.519. The van der Waals surface area contributed by atoms with Gasteiger partial charge in [0.15, 0.2) is 5.13 Å². The molecule has 146 valence electrons. The van der Waals surface area contributed by atoms with Crippen molar-refractivity contribution in [2.45, 2.75) is 25.3 Å². The Morgan fingerprint density at radius 2 is 2.14 bits per heavy atom. The number of carbonyl (C=O) groups is 1. The number of hydrogen-bond acceptors (Lipinski definition) is 4. The van der Waals surface area contributed by atoms with Crippen LogP contribution < -0.4 is 4.90 Å². The van der Waals surface area contributed by atoms with Gasteiger partial charge in [-0.3, -0.25) is 9.69 Å². The number of fused-ring (bicyclic) bond motifs is 1. The van der Waals surface area contributed by atoms with Gasteiger partial charge in [0.05, 0.1) is 12.1 Å². The third-order valence-corrected chi connectivity index (χ3v) is 5.80. The minimum Gasteiger partial charge on any atom is -0.345 e. The van der Waals surface area contributed by atoms with E-state index in [0.717, 1.165) is 41.2 Å². The number of rotatable bonds is 5. The molecule has 1 amide bonds. The molecule has 5 nitrogen and oxygen atoms in total. The smallest absolute Gasteiger partial charge is 0.233 e. The fourth-order valence-electron chi connectivity index (χ4n) is 3.38. The summed E-state index contributed by atoms with van der Waals surface area (Å²) in [5, 5.41) is 3.46. The van der Waals surface area contributed by atoms with E-state index in [4.69, 9.17) is 0 Å². The number of nitrogens with one attached hydrogen (secondary N) is 1. The summed E-state index contributed by atoms with van der Waals surface area (Å²) in [7, 11) is 0. The maximum absolute atomic E-state index is 14.0. The lowest BCUT2D eigenvalue weighted by Gasteiger charge is -2.19. The van der Waals surface area contributed by atoms with Crippen LogP contribution in [0, 0.1) is 11.6 Å². The fraction of sp³-hybridized carbons (Fsp3) is 0.190. The third-order valence-electron chi connectivity index (χ3n) is 4.96. The number of halogens is 2. The van der Waals surface area contributed by atoms with Gasteiger partial charge in [-0.15, -0.1) is 11.3 Å². The number of anilines is 1. The zero-order chi connectivity index (χ0) is 20.0. The second-order valence-electron chi connectivity index (χ2n) is 7.02. The standard InChI is InChI=1S/C21H16F2N4OS/c22-13-4-3-12(17(23)9-13)8-19(28)27(14-5-6-14)21-26-18(11-29-21)16-10-25-20-15(16)2-1-7-24-20/h1-4,7,9-11,14H,5-6,8H2,(H,24,25). The molecule has 1 N–H and O–H groups in total. The number of pyridine rings is 1. The normalized spacial score (nSPS) is 13.7. The summed E-state index contributed by atoms with van der Waals surface area (Å²) < 4.78 is 27.1. The van der Waals surface area contributed by atoms with Crippen LogP contribution in [0.15, 0.2) is 48.1 Å². The zero-order valence-electron chi connectivity index (χ0n) is 15.2. The molecule has 3 heterocycles. The molecule has 8 heteroatoms. The van der Waals surface area contributed by atoms with Crippen molar-refractivity contribution in [1.82, 2.24) is 15.0 Å². The summed E-state index contributed by atoms with van der Waals surface area (Å²) in [6, 6.07) is 7.20. The number of thiazole rings is 1. The molecule has 0 bridgehead atoms. The molecule has 1 saturated carbocycles. The van der Waals surface area contributed by atoms with E-state index in [1.165, 1.54) is 23.5 Å². The first-order chi connectivity index (χ1) is 14.1. The monoisotopic (exact) mass is 410 g/mol. The van der Waals surface area contributed by atoms with Gasteiger partial charge in [-0.25, -0.2) is 18.7 Å². The van der Waals surface area contributed by atoms with Gasteiger partial charge in [-0.05, 0) is 36.6 Å². The van der Waals surface area contributed by atoms with Crippen molar-refractivity contribution < 1.29 is 13.6 Å². The Hall–Kier alpha value is -3.13. The van der Waals surface area contributed by atoms with Gasteiger partial charge in [-0.2, -0.15) is 0 Å². The number of aromatic amines is 1. The lowest BCUT2D eigenvalue weighted by molar-refractivity contribution is -0.118. The van der Waals surface area contributed by atoms with E-state index in [-0.39, 0.29) is 23.9 Å². The molecule has 5 rings (SSSR count). The Morgan fingerprint density at radius 3 is 2.93 bits per heavy atom. The maximum Gasteiger partial charge on any atom is 0.233 e. The predicted octanol–water partition coefficient (Wildman–Crippen LogP) is 4.70. The maximum atomic E-state index is 14.0. The van der Waals surface area contributed by atoms with Crippen molar-refractivity contribution in [2.75, 3.05) is 4.90 Å². The molecule has 0 spiro atoms. The van der Waals surface area contributed by atoms with E-state index < -0.39 is 11.6 Å². The number of amides is 1. The molecule has 4 aromatic rings. The minimum absolute atomic E-state index is 0.0784. The summed E-state index contributed by atoms with van der Waals surface area (Å²) in [5.74, 6) is -1.60. The number of carbonyl (C=O) groups excluding carboxylic acids is 1. The number of hydrogen-bond donors (Lipinski definition) is 1.